The number of halogens is 1. The Hall–Kier alpha value is -2.43. The summed E-state index contributed by atoms with van der Waals surface area (Å²) in [5.41, 5.74) is 1.13. The molecule has 1 aromatic carbocycles. The standard InChI is InChI=1S/C23H29ClN4O5S/c1-15(29)22(2,3)34(32,33)23(8-9-23)14-27-10-11-28-18(21(27)31)13-25-19(28)20(30)26-12-16-4-6-17(24)7-5-16/h4-7,13,15,29H,8-12,14H2,1-3H3,(H,26,30)/t15-/m1/s1. The van der Waals surface area contributed by atoms with Crippen LogP contribution in [0, 0.1) is 0 Å². The Morgan fingerprint density at radius 2 is 1.91 bits per heavy atom. The molecule has 2 aliphatic rings. The van der Waals surface area contributed by atoms with Crippen molar-refractivity contribution >= 4 is 33.3 Å². The Bertz CT molecular complexity index is 1220. The molecule has 2 amide bonds. The number of nitrogens with one attached hydrogen (secondary N) is 1. The van der Waals surface area contributed by atoms with Crippen LogP contribution in [0.2, 0.25) is 5.02 Å². The number of rotatable bonds is 8. The number of aromatic nitrogens is 2. The summed E-state index contributed by atoms with van der Waals surface area (Å²) >= 11 is 5.88. The molecule has 1 aromatic heterocycles. The van der Waals surface area contributed by atoms with E-state index in [4.69, 9.17) is 11.6 Å². The van der Waals surface area contributed by atoms with Gasteiger partial charge in [-0.05, 0) is 51.3 Å². The molecule has 0 saturated heterocycles. The highest BCUT2D eigenvalue weighted by molar-refractivity contribution is 7.94. The smallest absolute Gasteiger partial charge is 0.287 e. The molecule has 0 bridgehead atoms. The number of hydrogen-bond donors (Lipinski definition) is 2. The SMILES string of the molecule is C[C@@H](O)C(C)(C)S(=O)(=O)C1(CN2CCn3c(cnc3C(=O)NCc3ccc(Cl)cc3)C2=O)CC1. The van der Waals surface area contributed by atoms with Crippen LogP contribution in [-0.2, 0) is 22.9 Å². The molecule has 1 atom stereocenters. The van der Waals surface area contributed by atoms with Crippen molar-refractivity contribution in [1.82, 2.24) is 19.8 Å². The Balaban J connectivity index is 1.47. The van der Waals surface area contributed by atoms with Crippen LogP contribution >= 0.6 is 11.6 Å². The molecule has 11 heteroatoms. The van der Waals surface area contributed by atoms with Crippen molar-refractivity contribution in [3.63, 3.8) is 0 Å². The zero-order valence-electron chi connectivity index (χ0n) is 19.4. The normalized spacial score (nSPS) is 18.4. The molecule has 1 fully saturated rings. The van der Waals surface area contributed by atoms with Crippen LogP contribution in [0.25, 0.3) is 0 Å². The third kappa shape index (κ3) is 4.12. The van der Waals surface area contributed by atoms with Crippen molar-refractivity contribution in [3.05, 3.63) is 52.6 Å². The first-order valence-corrected chi connectivity index (χ1v) is 13.1. The number of fused-ring (bicyclic) bond motifs is 1. The average molecular weight is 509 g/mol. The van der Waals surface area contributed by atoms with Crippen molar-refractivity contribution in [1.29, 1.82) is 0 Å². The molecule has 1 aliphatic carbocycles. The van der Waals surface area contributed by atoms with Crippen LogP contribution in [0.1, 0.15) is 60.3 Å². The minimum atomic E-state index is -3.71. The van der Waals surface area contributed by atoms with E-state index in [9.17, 15) is 23.1 Å². The van der Waals surface area contributed by atoms with Crippen molar-refractivity contribution in [2.24, 2.45) is 0 Å². The maximum atomic E-state index is 13.3. The molecule has 0 unspecified atom stereocenters. The van der Waals surface area contributed by atoms with Gasteiger partial charge in [-0.2, -0.15) is 0 Å². The fourth-order valence-electron chi connectivity index (χ4n) is 4.23. The van der Waals surface area contributed by atoms with Gasteiger partial charge in [-0.3, -0.25) is 9.59 Å². The molecule has 2 N–H and O–H groups in total. The summed E-state index contributed by atoms with van der Waals surface area (Å²) in [6, 6.07) is 7.10. The zero-order chi connectivity index (χ0) is 24.9. The zero-order valence-corrected chi connectivity index (χ0v) is 21.0. The molecule has 4 rings (SSSR count). The van der Waals surface area contributed by atoms with Gasteiger partial charge < -0.3 is 19.9 Å². The first-order chi connectivity index (χ1) is 15.9. The van der Waals surface area contributed by atoms with Crippen LogP contribution in [0.3, 0.4) is 0 Å². The number of aliphatic hydroxyl groups excluding tert-OH is 1. The summed E-state index contributed by atoms with van der Waals surface area (Å²) in [4.78, 5) is 31.5. The number of nitrogens with zero attached hydrogens (tertiary/aromatic N) is 3. The predicted molar refractivity (Wildman–Crippen MR) is 127 cm³/mol. The highest BCUT2D eigenvalue weighted by Crippen LogP contribution is 2.49. The third-order valence-electron chi connectivity index (χ3n) is 7.08. The van der Waals surface area contributed by atoms with Gasteiger partial charge in [-0.15, -0.1) is 0 Å². The fraction of sp³-hybridized carbons (Fsp3) is 0.522. The molecule has 2 aromatic rings. The Kier molecular flexibility index (Phi) is 6.28. The number of benzene rings is 1. The molecular weight excluding hydrogens is 480 g/mol. The van der Waals surface area contributed by atoms with Gasteiger partial charge in [-0.25, -0.2) is 13.4 Å². The lowest BCUT2D eigenvalue weighted by Gasteiger charge is -2.36. The number of amides is 2. The lowest BCUT2D eigenvalue weighted by molar-refractivity contribution is 0.0697. The first kappa shape index (κ1) is 24.7. The Morgan fingerprint density at radius 1 is 1.26 bits per heavy atom. The van der Waals surface area contributed by atoms with E-state index < -0.39 is 31.3 Å². The van der Waals surface area contributed by atoms with Crippen molar-refractivity contribution in [3.8, 4) is 0 Å². The summed E-state index contributed by atoms with van der Waals surface area (Å²) in [7, 11) is -3.71. The summed E-state index contributed by atoms with van der Waals surface area (Å²) in [5.74, 6) is -0.616. The first-order valence-electron chi connectivity index (χ1n) is 11.2. The Morgan fingerprint density at radius 3 is 2.50 bits per heavy atom. The van der Waals surface area contributed by atoms with Gasteiger partial charge in [-0.1, -0.05) is 23.7 Å². The van der Waals surface area contributed by atoms with Crippen LogP contribution in [0.15, 0.2) is 30.5 Å². The summed E-state index contributed by atoms with van der Waals surface area (Å²) in [5, 5.41) is 13.5. The van der Waals surface area contributed by atoms with Crippen LogP contribution in [-0.4, -0.2) is 68.5 Å². The van der Waals surface area contributed by atoms with Gasteiger partial charge in [0.2, 0.25) is 0 Å². The van der Waals surface area contributed by atoms with Crippen molar-refractivity contribution in [2.75, 3.05) is 13.1 Å². The highest BCUT2D eigenvalue weighted by Gasteiger charge is 2.62. The number of sulfone groups is 1. The second-order valence-corrected chi connectivity index (χ2v) is 13.0. The molecule has 0 spiro atoms. The molecule has 184 valence electrons. The second-order valence-electron chi connectivity index (χ2n) is 9.62. The third-order valence-corrected chi connectivity index (χ3v) is 10.7. The summed E-state index contributed by atoms with van der Waals surface area (Å²) < 4.78 is 25.9. The molecule has 1 saturated carbocycles. The van der Waals surface area contributed by atoms with E-state index in [0.29, 0.717) is 24.4 Å². The van der Waals surface area contributed by atoms with Crippen LogP contribution < -0.4 is 5.32 Å². The van der Waals surface area contributed by atoms with Gasteiger partial charge in [0.25, 0.3) is 11.8 Å². The molecule has 2 heterocycles. The lowest BCUT2D eigenvalue weighted by Crippen LogP contribution is -2.54. The summed E-state index contributed by atoms with van der Waals surface area (Å²) in [6.07, 6.45) is 1.22. The quantitative estimate of drug-likeness (QED) is 0.562. The molecule has 9 nitrogen and oxygen atoms in total. The van der Waals surface area contributed by atoms with E-state index in [0.717, 1.165) is 5.56 Å². The van der Waals surface area contributed by atoms with Gasteiger partial charge >= 0.3 is 0 Å². The van der Waals surface area contributed by atoms with Crippen molar-refractivity contribution < 1.29 is 23.1 Å². The number of carbonyl (C=O) groups is 2. The van der Waals surface area contributed by atoms with Gasteiger partial charge in [0, 0.05) is 31.2 Å². The van der Waals surface area contributed by atoms with E-state index in [-0.39, 0.29) is 37.1 Å². The number of carbonyl (C=O) groups excluding carboxylic acids is 2. The van der Waals surface area contributed by atoms with E-state index in [2.05, 4.69) is 10.3 Å². The minimum Gasteiger partial charge on any atom is -0.392 e. The van der Waals surface area contributed by atoms with Crippen LogP contribution in [0.5, 0.6) is 0 Å². The predicted octanol–water partition coefficient (Wildman–Crippen LogP) is 2.03. The second kappa shape index (κ2) is 8.66. The molecule has 0 radical (unpaired) electrons. The van der Waals surface area contributed by atoms with Gasteiger partial charge in [0.05, 0.1) is 21.8 Å². The Labute approximate surface area is 204 Å². The van der Waals surface area contributed by atoms with Crippen molar-refractivity contribution in [2.45, 2.75) is 62.3 Å². The largest absolute Gasteiger partial charge is 0.392 e. The van der Waals surface area contributed by atoms with Gasteiger partial charge in [0.1, 0.15) is 5.69 Å². The monoisotopic (exact) mass is 508 g/mol. The van der Waals surface area contributed by atoms with E-state index in [1.165, 1.54) is 31.9 Å². The molecule has 34 heavy (non-hydrogen) atoms. The maximum absolute atomic E-state index is 13.3. The molecule has 1 aliphatic heterocycles. The number of hydrogen-bond acceptors (Lipinski definition) is 6. The number of imidazole rings is 1. The van der Waals surface area contributed by atoms with Gasteiger partial charge in [0.15, 0.2) is 15.7 Å². The average Bonchev–Trinajstić information content (AvgIpc) is 3.45. The van der Waals surface area contributed by atoms with E-state index >= 15 is 0 Å². The number of aliphatic hydroxyl groups is 1. The fourth-order valence-corrected chi connectivity index (χ4v) is 6.89. The summed E-state index contributed by atoms with van der Waals surface area (Å²) in [6.45, 7) is 5.47. The minimum absolute atomic E-state index is 0.0631. The topological polar surface area (TPSA) is 122 Å². The molecular formula is C23H29ClN4O5S. The lowest BCUT2D eigenvalue weighted by atomic mass is 10.1. The van der Waals surface area contributed by atoms with E-state index in [1.54, 1.807) is 16.7 Å². The highest BCUT2D eigenvalue weighted by atomic mass is 35.5. The maximum Gasteiger partial charge on any atom is 0.287 e. The van der Waals surface area contributed by atoms with Crippen LogP contribution in [0.4, 0.5) is 0 Å². The van der Waals surface area contributed by atoms with E-state index in [1.807, 2.05) is 12.1 Å².